The summed E-state index contributed by atoms with van der Waals surface area (Å²) in [5.41, 5.74) is 0. The Morgan fingerprint density at radius 3 is 2.44 bits per heavy atom. The van der Waals surface area contributed by atoms with Gasteiger partial charge in [-0.2, -0.15) is 0 Å². The molecule has 0 rings (SSSR count). The van der Waals surface area contributed by atoms with Gasteiger partial charge in [-0.15, -0.1) is 0 Å². The van der Waals surface area contributed by atoms with Crippen molar-refractivity contribution in [2.75, 3.05) is 19.8 Å². The fourth-order valence-electron chi connectivity index (χ4n) is 1.16. The second-order valence-electron chi connectivity index (χ2n) is 3.99. The van der Waals surface area contributed by atoms with E-state index in [1.165, 1.54) is 6.92 Å². The lowest BCUT2D eigenvalue weighted by atomic mass is 10.3. The van der Waals surface area contributed by atoms with Crippen LogP contribution in [0.15, 0.2) is 0 Å². The lowest BCUT2D eigenvalue weighted by Gasteiger charge is -2.17. The lowest BCUT2D eigenvalue weighted by Crippen LogP contribution is -2.24. The predicted molar refractivity (Wildman–Crippen MR) is 62.4 cm³/mol. The van der Waals surface area contributed by atoms with Gasteiger partial charge in [0.25, 0.3) is 0 Å². The largest absolute Gasteiger partial charge is 0.460 e. The summed E-state index contributed by atoms with van der Waals surface area (Å²) in [4.78, 5) is 10.6. The molecule has 2 unspecified atom stereocenters. The molecule has 2 atom stereocenters. The van der Waals surface area contributed by atoms with Crippen molar-refractivity contribution in [1.82, 2.24) is 0 Å². The SMILES string of the molecule is CCCCOCC(C)OCC(C)OC(C)=O. The zero-order valence-electron chi connectivity index (χ0n) is 10.8. The smallest absolute Gasteiger partial charge is 0.302 e. The van der Waals surface area contributed by atoms with E-state index in [0.717, 1.165) is 19.4 Å². The highest BCUT2D eigenvalue weighted by Gasteiger charge is 2.08. The van der Waals surface area contributed by atoms with Crippen LogP contribution in [0.3, 0.4) is 0 Å². The summed E-state index contributed by atoms with van der Waals surface area (Å²) in [6.07, 6.45) is 2.06. The average molecular weight is 232 g/mol. The van der Waals surface area contributed by atoms with Crippen molar-refractivity contribution >= 4 is 5.97 Å². The van der Waals surface area contributed by atoms with Gasteiger partial charge in [0, 0.05) is 13.5 Å². The molecule has 4 nitrogen and oxygen atoms in total. The molecule has 0 spiro atoms. The Morgan fingerprint density at radius 1 is 1.19 bits per heavy atom. The second-order valence-corrected chi connectivity index (χ2v) is 3.99. The van der Waals surface area contributed by atoms with E-state index in [2.05, 4.69) is 6.92 Å². The van der Waals surface area contributed by atoms with Crippen LogP contribution in [0, 0.1) is 0 Å². The van der Waals surface area contributed by atoms with Crippen molar-refractivity contribution in [2.45, 2.75) is 52.7 Å². The molecule has 4 heteroatoms. The van der Waals surface area contributed by atoms with Gasteiger partial charge in [0.05, 0.1) is 19.3 Å². The number of carbonyl (C=O) groups excluding carboxylic acids is 1. The molecular formula is C12H24O4. The predicted octanol–water partition coefficient (Wildman–Crippen LogP) is 2.16. The van der Waals surface area contributed by atoms with Crippen LogP contribution < -0.4 is 0 Å². The van der Waals surface area contributed by atoms with Gasteiger partial charge in [-0.3, -0.25) is 4.79 Å². The molecule has 0 bridgehead atoms. The summed E-state index contributed by atoms with van der Waals surface area (Å²) in [5, 5.41) is 0. The number of hydrogen-bond acceptors (Lipinski definition) is 4. The topological polar surface area (TPSA) is 44.8 Å². The molecule has 0 fully saturated rings. The van der Waals surface area contributed by atoms with Crippen molar-refractivity contribution in [1.29, 1.82) is 0 Å². The number of carbonyl (C=O) groups is 1. The Balaban J connectivity index is 3.41. The fourth-order valence-corrected chi connectivity index (χ4v) is 1.16. The van der Waals surface area contributed by atoms with E-state index < -0.39 is 0 Å². The first kappa shape index (κ1) is 15.4. The molecule has 0 aliphatic rings. The molecule has 0 radical (unpaired) electrons. The number of ether oxygens (including phenoxy) is 3. The Morgan fingerprint density at radius 2 is 1.88 bits per heavy atom. The van der Waals surface area contributed by atoms with E-state index in [4.69, 9.17) is 14.2 Å². The van der Waals surface area contributed by atoms with Crippen molar-refractivity contribution < 1.29 is 19.0 Å². The van der Waals surface area contributed by atoms with Crippen LogP contribution in [0.25, 0.3) is 0 Å². The van der Waals surface area contributed by atoms with Gasteiger partial charge in [-0.25, -0.2) is 0 Å². The highest BCUT2D eigenvalue weighted by Crippen LogP contribution is 1.99. The maximum Gasteiger partial charge on any atom is 0.302 e. The van der Waals surface area contributed by atoms with Gasteiger partial charge in [-0.05, 0) is 20.3 Å². The van der Waals surface area contributed by atoms with Gasteiger partial charge < -0.3 is 14.2 Å². The van der Waals surface area contributed by atoms with Gasteiger partial charge in [0.2, 0.25) is 0 Å². The standard InChI is InChI=1S/C12H24O4/c1-5-6-7-14-8-10(2)15-9-11(3)16-12(4)13/h10-11H,5-9H2,1-4H3. The van der Waals surface area contributed by atoms with Crippen LogP contribution in [-0.4, -0.2) is 38.0 Å². The van der Waals surface area contributed by atoms with E-state index >= 15 is 0 Å². The van der Waals surface area contributed by atoms with Crippen LogP contribution in [0.4, 0.5) is 0 Å². The van der Waals surface area contributed by atoms with E-state index in [0.29, 0.717) is 13.2 Å². The minimum atomic E-state index is -0.275. The third-order valence-electron chi connectivity index (χ3n) is 1.98. The molecule has 0 aromatic heterocycles. The molecule has 0 aliphatic carbocycles. The molecule has 0 N–H and O–H groups in total. The van der Waals surface area contributed by atoms with Crippen molar-refractivity contribution in [2.24, 2.45) is 0 Å². The Labute approximate surface area is 98.3 Å². The Bertz CT molecular complexity index is 182. The van der Waals surface area contributed by atoms with Crippen molar-refractivity contribution in [3.05, 3.63) is 0 Å². The number of rotatable bonds is 9. The van der Waals surface area contributed by atoms with Crippen LogP contribution in [0.5, 0.6) is 0 Å². The monoisotopic (exact) mass is 232 g/mol. The van der Waals surface area contributed by atoms with E-state index in [1.54, 1.807) is 0 Å². The molecule has 0 aromatic rings. The zero-order chi connectivity index (χ0) is 12.4. The first-order valence-electron chi connectivity index (χ1n) is 5.92. The molecule has 96 valence electrons. The van der Waals surface area contributed by atoms with Crippen LogP contribution in [0.2, 0.25) is 0 Å². The summed E-state index contributed by atoms with van der Waals surface area (Å²) >= 11 is 0. The first-order valence-corrected chi connectivity index (χ1v) is 5.92. The summed E-state index contributed by atoms with van der Waals surface area (Å²) in [6, 6.07) is 0. The van der Waals surface area contributed by atoms with Gasteiger partial charge in [-0.1, -0.05) is 13.3 Å². The number of unbranched alkanes of at least 4 members (excludes halogenated alkanes) is 1. The molecule has 0 saturated heterocycles. The summed E-state index contributed by atoms with van der Waals surface area (Å²) in [7, 11) is 0. The third kappa shape index (κ3) is 9.93. The van der Waals surface area contributed by atoms with Crippen molar-refractivity contribution in [3.8, 4) is 0 Å². The number of esters is 1. The maximum absolute atomic E-state index is 10.6. The van der Waals surface area contributed by atoms with Gasteiger partial charge in [0.1, 0.15) is 6.10 Å². The highest BCUT2D eigenvalue weighted by molar-refractivity contribution is 5.66. The van der Waals surface area contributed by atoms with E-state index in [9.17, 15) is 4.79 Å². The summed E-state index contributed by atoms with van der Waals surface area (Å²) in [5.74, 6) is -0.275. The molecular weight excluding hydrogens is 208 g/mol. The number of hydrogen-bond donors (Lipinski definition) is 0. The van der Waals surface area contributed by atoms with Gasteiger partial charge >= 0.3 is 5.97 Å². The molecule has 16 heavy (non-hydrogen) atoms. The second kappa shape index (κ2) is 9.60. The lowest BCUT2D eigenvalue weighted by molar-refractivity contribution is -0.149. The summed E-state index contributed by atoms with van der Waals surface area (Å²) in [6.45, 7) is 9.07. The van der Waals surface area contributed by atoms with Gasteiger partial charge in [0.15, 0.2) is 0 Å². The molecule has 0 aliphatic heterocycles. The molecule has 0 heterocycles. The zero-order valence-corrected chi connectivity index (χ0v) is 10.8. The normalized spacial score (nSPS) is 14.5. The first-order chi connectivity index (χ1) is 7.56. The van der Waals surface area contributed by atoms with Crippen LogP contribution >= 0.6 is 0 Å². The van der Waals surface area contributed by atoms with E-state index in [-0.39, 0.29) is 18.2 Å². The molecule has 0 amide bonds. The minimum absolute atomic E-state index is 0.0369. The minimum Gasteiger partial charge on any atom is -0.460 e. The Hall–Kier alpha value is -0.610. The highest BCUT2D eigenvalue weighted by atomic mass is 16.6. The van der Waals surface area contributed by atoms with Crippen molar-refractivity contribution in [3.63, 3.8) is 0 Å². The average Bonchev–Trinajstić information content (AvgIpc) is 2.20. The quantitative estimate of drug-likeness (QED) is 0.451. The van der Waals surface area contributed by atoms with Crippen LogP contribution in [-0.2, 0) is 19.0 Å². The third-order valence-corrected chi connectivity index (χ3v) is 1.98. The van der Waals surface area contributed by atoms with E-state index in [1.807, 2.05) is 13.8 Å². The summed E-state index contributed by atoms with van der Waals surface area (Å²) < 4.78 is 15.8. The Kier molecular flexibility index (Phi) is 9.24. The molecule has 0 saturated carbocycles. The maximum atomic E-state index is 10.6. The molecule has 0 aromatic carbocycles. The fraction of sp³-hybridized carbons (Fsp3) is 0.917. The van der Waals surface area contributed by atoms with Crippen LogP contribution in [0.1, 0.15) is 40.5 Å².